The first-order valence-corrected chi connectivity index (χ1v) is 10.3. The maximum absolute atomic E-state index is 13.4. The van der Waals surface area contributed by atoms with Crippen molar-refractivity contribution >= 4 is 32.5 Å². The second-order valence-corrected chi connectivity index (χ2v) is 8.99. The molecule has 1 aliphatic rings. The number of sulfonamides is 1. The lowest BCUT2D eigenvalue weighted by atomic mass is 9.96. The SMILES string of the molecule is O=S(=O)(c1ccc(Cl)cc1)N1CCCC(c2cc3cc(F)ccc3[nH]2)C1. The Bertz CT molecular complexity index is 1050. The van der Waals surface area contributed by atoms with Crippen LogP contribution in [0.2, 0.25) is 5.02 Å². The van der Waals surface area contributed by atoms with E-state index in [0.29, 0.717) is 18.1 Å². The van der Waals surface area contributed by atoms with Gasteiger partial charge in [0.15, 0.2) is 0 Å². The zero-order chi connectivity index (χ0) is 18.3. The molecule has 136 valence electrons. The third-order valence-corrected chi connectivity index (χ3v) is 7.01. The normalized spacial score (nSPS) is 19.1. The number of aromatic amines is 1. The van der Waals surface area contributed by atoms with Crippen molar-refractivity contribution in [2.24, 2.45) is 0 Å². The molecule has 1 fully saturated rings. The molecule has 26 heavy (non-hydrogen) atoms. The lowest BCUT2D eigenvalue weighted by Gasteiger charge is -2.31. The van der Waals surface area contributed by atoms with Crippen molar-refractivity contribution in [1.82, 2.24) is 9.29 Å². The van der Waals surface area contributed by atoms with Gasteiger partial charge in [0.25, 0.3) is 0 Å². The van der Waals surface area contributed by atoms with Crippen molar-refractivity contribution in [2.45, 2.75) is 23.7 Å². The summed E-state index contributed by atoms with van der Waals surface area (Å²) >= 11 is 5.86. The number of rotatable bonds is 3. The number of halogens is 2. The highest BCUT2D eigenvalue weighted by Crippen LogP contribution is 2.32. The summed E-state index contributed by atoms with van der Waals surface area (Å²) in [6.07, 6.45) is 1.67. The highest BCUT2D eigenvalue weighted by atomic mass is 35.5. The van der Waals surface area contributed by atoms with E-state index in [9.17, 15) is 12.8 Å². The van der Waals surface area contributed by atoms with E-state index in [2.05, 4.69) is 4.98 Å². The van der Waals surface area contributed by atoms with Crippen LogP contribution in [0.3, 0.4) is 0 Å². The molecule has 1 atom stereocenters. The molecular weight excluding hydrogens is 375 g/mol. The minimum atomic E-state index is -3.56. The van der Waals surface area contributed by atoms with Crippen LogP contribution in [-0.2, 0) is 10.0 Å². The molecular formula is C19H18ClFN2O2S. The molecule has 0 saturated carbocycles. The quantitative estimate of drug-likeness (QED) is 0.712. The van der Waals surface area contributed by atoms with Gasteiger partial charge in [-0.25, -0.2) is 12.8 Å². The predicted molar refractivity (Wildman–Crippen MR) is 100 cm³/mol. The third-order valence-electron chi connectivity index (χ3n) is 4.88. The van der Waals surface area contributed by atoms with E-state index in [1.807, 2.05) is 6.07 Å². The Morgan fingerprint density at radius 3 is 2.65 bits per heavy atom. The highest BCUT2D eigenvalue weighted by Gasteiger charge is 2.31. The molecule has 7 heteroatoms. The van der Waals surface area contributed by atoms with Crippen LogP contribution >= 0.6 is 11.6 Å². The van der Waals surface area contributed by atoms with Crippen LogP contribution in [0, 0.1) is 5.82 Å². The monoisotopic (exact) mass is 392 g/mol. The number of H-pyrrole nitrogens is 1. The van der Waals surface area contributed by atoms with Crippen molar-refractivity contribution in [3.05, 3.63) is 65.1 Å². The van der Waals surface area contributed by atoms with Crippen LogP contribution in [0.5, 0.6) is 0 Å². The number of hydrogen-bond donors (Lipinski definition) is 1. The van der Waals surface area contributed by atoms with Gasteiger partial charge in [-0.15, -0.1) is 0 Å². The molecule has 0 aliphatic carbocycles. The van der Waals surface area contributed by atoms with Crippen LogP contribution < -0.4 is 0 Å². The van der Waals surface area contributed by atoms with Crippen molar-refractivity contribution < 1.29 is 12.8 Å². The second-order valence-electron chi connectivity index (χ2n) is 6.61. The fourth-order valence-corrected chi connectivity index (χ4v) is 5.17. The molecule has 1 aromatic heterocycles. The number of nitrogens with one attached hydrogen (secondary N) is 1. The van der Waals surface area contributed by atoms with Gasteiger partial charge in [0.05, 0.1) is 4.90 Å². The number of fused-ring (bicyclic) bond motifs is 1. The van der Waals surface area contributed by atoms with Gasteiger partial charge in [-0.3, -0.25) is 0 Å². The topological polar surface area (TPSA) is 53.2 Å². The van der Waals surface area contributed by atoms with Crippen molar-refractivity contribution in [1.29, 1.82) is 0 Å². The summed E-state index contributed by atoms with van der Waals surface area (Å²) in [6, 6.07) is 12.8. The minimum Gasteiger partial charge on any atom is -0.358 e. The molecule has 0 spiro atoms. The lowest BCUT2D eigenvalue weighted by Crippen LogP contribution is -2.39. The molecule has 2 heterocycles. The van der Waals surface area contributed by atoms with E-state index >= 15 is 0 Å². The van der Waals surface area contributed by atoms with Crippen molar-refractivity contribution in [3.8, 4) is 0 Å². The number of piperidine rings is 1. The smallest absolute Gasteiger partial charge is 0.243 e. The largest absolute Gasteiger partial charge is 0.358 e. The Hall–Kier alpha value is -1.89. The summed E-state index contributed by atoms with van der Waals surface area (Å²) < 4.78 is 40.8. The summed E-state index contributed by atoms with van der Waals surface area (Å²) in [6.45, 7) is 0.899. The van der Waals surface area contributed by atoms with Crippen molar-refractivity contribution in [3.63, 3.8) is 0 Å². The average Bonchev–Trinajstić information content (AvgIpc) is 3.05. The Morgan fingerprint density at radius 2 is 1.88 bits per heavy atom. The van der Waals surface area contributed by atoms with E-state index in [1.165, 1.54) is 28.6 Å². The molecule has 1 N–H and O–H groups in total. The maximum atomic E-state index is 13.4. The second kappa shape index (κ2) is 6.68. The Labute approximate surface area is 156 Å². The van der Waals surface area contributed by atoms with Crippen LogP contribution in [0.4, 0.5) is 4.39 Å². The van der Waals surface area contributed by atoms with Crippen LogP contribution in [0.1, 0.15) is 24.5 Å². The van der Waals surface area contributed by atoms with E-state index in [4.69, 9.17) is 11.6 Å². The molecule has 3 aromatic rings. The van der Waals surface area contributed by atoms with Gasteiger partial charge in [-0.1, -0.05) is 11.6 Å². The standard InChI is InChI=1S/C19H18ClFN2O2S/c20-15-3-6-17(7-4-15)26(24,25)23-9-1-2-13(12-23)19-11-14-10-16(21)5-8-18(14)22-19/h3-8,10-11,13,22H,1-2,9,12H2. The fourth-order valence-electron chi connectivity index (χ4n) is 3.52. The summed E-state index contributed by atoms with van der Waals surface area (Å²) in [4.78, 5) is 3.56. The van der Waals surface area contributed by atoms with Crippen LogP contribution in [-0.4, -0.2) is 30.8 Å². The number of benzene rings is 2. The first-order valence-electron chi connectivity index (χ1n) is 8.47. The average molecular weight is 393 g/mol. The van der Waals surface area contributed by atoms with E-state index < -0.39 is 10.0 Å². The van der Waals surface area contributed by atoms with Gasteiger partial charge in [0.2, 0.25) is 10.0 Å². The lowest BCUT2D eigenvalue weighted by molar-refractivity contribution is 0.313. The van der Waals surface area contributed by atoms with Crippen LogP contribution in [0.25, 0.3) is 10.9 Å². The maximum Gasteiger partial charge on any atom is 0.243 e. The molecule has 0 bridgehead atoms. The summed E-state index contributed by atoms with van der Waals surface area (Å²) in [5, 5.41) is 1.31. The first-order chi connectivity index (χ1) is 12.4. The number of hydrogen-bond acceptors (Lipinski definition) is 2. The molecule has 1 saturated heterocycles. The fraction of sp³-hybridized carbons (Fsp3) is 0.263. The minimum absolute atomic E-state index is 0.0567. The Morgan fingerprint density at radius 1 is 1.12 bits per heavy atom. The molecule has 1 unspecified atom stereocenters. The van der Waals surface area contributed by atoms with E-state index in [-0.39, 0.29) is 16.6 Å². The van der Waals surface area contributed by atoms with Gasteiger partial charge >= 0.3 is 0 Å². The van der Waals surface area contributed by atoms with Gasteiger partial charge in [-0.2, -0.15) is 4.31 Å². The number of aromatic nitrogens is 1. The van der Waals surface area contributed by atoms with Gasteiger partial charge in [0.1, 0.15) is 5.82 Å². The van der Waals surface area contributed by atoms with Gasteiger partial charge in [-0.05, 0) is 61.4 Å². The van der Waals surface area contributed by atoms with E-state index in [1.54, 1.807) is 18.2 Å². The molecule has 0 amide bonds. The predicted octanol–water partition coefficient (Wildman–Crippen LogP) is 4.53. The zero-order valence-corrected chi connectivity index (χ0v) is 15.5. The van der Waals surface area contributed by atoms with Gasteiger partial charge in [0, 0.05) is 40.6 Å². The summed E-state index contributed by atoms with van der Waals surface area (Å²) in [5.74, 6) is -0.222. The van der Waals surface area contributed by atoms with Gasteiger partial charge < -0.3 is 4.98 Å². The zero-order valence-electron chi connectivity index (χ0n) is 14.0. The molecule has 4 rings (SSSR count). The third kappa shape index (κ3) is 3.24. The molecule has 2 aromatic carbocycles. The molecule has 0 radical (unpaired) electrons. The highest BCUT2D eigenvalue weighted by molar-refractivity contribution is 7.89. The Balaban J connectivity index is 1.61. The Kier molecular flexibility index (Phi) is 4.50. The summed E-state index contributed by atoms with van der Waals surface area (Å²) in [7, 11) is -3.56. The van der Waals surface area contributed by atoms with Crippen molar-refractivity contribution in [2.75, 3.05) is 13.1 Å². The van der Waals surface area contributed by atoms with E-state index in [0.717, 1.165) is 29.4 Å². The molecule has 4 nitrogen and oxygen atoms in total. The van der Waals surface area contributed by atoms with Crippen LogP contribution in [0.15, 0.2) is 53.4 Å². The summed E-state index contributed by atoms with van der Waals surface area (Å²) in [5.41, 5.74) is 1.81. The number of nitrogens with zero attached hydrogens (tertiary/aromatic N) is 1. The molecule has 1 aliphatic heterocycles. The first kappa shape index (κ1) is 17.5.